The van der Waals surface area contributed by atoms with Crippen LogP contribution in [-0.4, -0.2) is 34.3 Å². The fourth-order valence-electron chi connectivity index (χ4n) is 3.15. The molecule has 1 saturated carbocycles. The maximum Gasteiger partial charge on any atom is 0.342 e. The fourth-order valence-corrected chi connectivity index (χ4v) is 3.34. The van der Waals surface area contributed by atoms with E-state index in [1.165, 1.54) is 0 Å². The van der Waals surface area contributed by atoms with E-state index in [9.17, 15) is 9.59 Å². The molecular weight excluding hydrogens is 366 g/mol. The number of amides is 1. The first-order valence-corrected chi connectivity index (χ1v) is 9.48. The SMILES string of the molecule is Cc1nn(Cc2ccccc2Cl)c(C)c1C(=O)OCC(=O)N[C@H](C)C1CC1. The normalized spacial score (nSPS) is 14.7. The standard InChI is InChI=1S/C20H24ClN3O3/c1-12(15-8-9-15)22-18(25)11-27-20(26)19-13(2)23-24(14(19)3)10-16-6-4-5-7-17(16)21/h4-7,12,15H,8-11H2,1-3H3,(H,22,25)/t12-/m1/s1. The Labute approximate surface area is 163 Å². The Morgan fingerprint density at radius 2 is 2.04 bits per heavy atom. The van der Waals surface area contributed by atoms with Gasteiger partial charge in [-0.05, 0) is 51.2 Å². The molecule has 6 nitrogen and oxygen atoms in total. The summed E-state index contributed by atoms with van der Waals surface area (Å²) in [6.45, 7) is 5.71. The highest BCUT2D eigenvalue weighted by Gasteiger charge is 2.29. The number of aromatic nitrogens is 2. The minimum atomic E-state index is -0.537. The van der Waals surface area contributed by atoms with E-state index >= 15 is 0 Å². The Bertz CT molecular complexity index is 858. The van der Waals surface area contributed by atoms with E-state index in [2.05, 4.69) is 10.4 Å². The summed E-state index contributed by atoms with van der Waals surface area (Å²) in [6.07, 6.45) is 2.29. The van der Waals surface area contributed by atoms with Crippen molar-refractivity contribution in [3.63, 3.8) is 0 Å². The molecule has 0 saturated heterocycles. The number of halogens is 1. The summed E-state index contributed by atoms with van der Waals surface area (Å²) in [4.78, 5) is 24.4. The largest absolute Gasteiger partial charge is 0.452 e. The number of hydrogen-bond donors (Lipinski definition) is 1. The van der Waals surface area contributed by atoms with Gasteiger partial charge in [0.05, 0.1) is 17.9 Å². The summed E-state index contributed by atoms with van der Waals surface area (Å²) in [7, 11) is 0. The number of ether oxygens (including phenoxy) is 1. The molecule has 3 rings (SSSR count). The molecule has 7 heteroatoms. The molecule has 0 unspecified atom stereocenters. The number of hydrogen-bond acceptors (Lipinski definition) is 4. The summed E-state index contributed by atoms with van der Waals surface area (Å²) in [5.41, 5.74) is 2.56. The van der Waals surface area contributed by atoms with Gasteiger partial charge in [-0.15, -0.1) is 0 Å². The van der Waals surface area contributed by atoms with E-state index in [1.54, 1.807) is 11.6 Å². The molecule has 1 aliphatic carbocycles. The first-order chi connectivity index (χ1) is 12.9. The van der Waals surface area contributed by atoms with Crippen LogP contribution in [0.5, 0.6) is 0 Å². The maximum atomic E-state index is 12.5. The highest BCUT2D eigenvalue weighted by molar-refractivity contribution is 6.31. The molecule has 1 aromatic heterocycles. The zero-order chi connectivity index (χ0) is 19.6. The first-order valence-electron chi connectivity index (χ1n) is 9.10. The van der Waals surface area contributed by atoms with Crippen molar-refractivity contribution < 1.29 is 14.3 Å². The lowest BCUT2D eigenvalue weighted by atomic mass is 10.2. The molecule has 27 heavy (non-hydrogen) atoms. The quantitative estimate of drug-likeness (QED) is 0.737. The predicted molar refractivity (Wildman–Crippen MR) is 103 cm³/mol. The number of nitrogens with one attached hydrogen (secondary N) is 1. The lowest BCUT2D eigenvalue weighted by Crippen LogP contribution is -2.37. The van der Waals surface area contributed by atoms with Gasteiger partial charge in [0.2, 0.25) is 0 Å². The Balaban J connectivity index is 1.63. The Morgan fingerprint density at radius 1 is 1.33 bits per heavy atom. The van der Waals surface area contributed by atoms with E-state index in [0.29, 0.717) is 34.4 Å². The molecule has 1 heterocycles. The Kier molecular flexibility index (Phi) is 5.85. The summed E-state index contributed by atoms with van der Waals surface area (Å²) >= 11 is 6.21. The third-order valence-corrected chi connectivity index (χ3v) is 5.28. The van der Waals surface area contributed by atoms with Crippen LogP contribution in [0.15, 0.2) is 24.3 Å². The van der Waals surface area contributed by atoms with Crippen molar-refractivity contribution in [3.8, 4) is 0 Å². The average molecular weight is 390 g/mol. The van der Waals surface area contributed by atoms with E-state index in [-0.39, 0.29) is 18.6 Å². The fraction of sp³-hybridized carbons (Fsp3) is 0.450. The van der Waals surface area contributed by atoms with Gasteiger partial charge in [-0.1, -0.05) is 29.8 Å². The van der Waals surface area contributed by atoms with Crippen LogP contribution >= 0.6 is 11.6 Å². The molecule has 0 aliphatic heterocycles. The minimum absolute atomic E-state index is 0.123. The molecule has 0 spiro atoms. The predicted octanol–water partition coefficient (Wildman–Crippen LogP) is 3.27. The second-order valence-electron chi connectivity index (χ2n) is 7.06. The molecule has 1 aliphatic rings. The molecule has 0 radical (unpaired) electrons. The number of benzene rings is 1. The highest BCUT2D eigenvalue weighted by atomic mass is 35.5. The van der Waals surface area contributed by atoms with E-state index in [1.807, 2.05) is 38.1 Å². The van der Waals surface area contributed by atoms with Crippen LogP contribution in [-0.2, 0) is 16.1 Å². The number of carbonyl (C=O) groups is 2. The lowest BCUT2D eigenvalue weighted by molar-refractivity contribution is -0.125. The van der Waals surface area contributed by atoms with Gasteiger partial charge in [0.15, 0.2) is 6.61 Å². The summed E-state index contributed by atoms with van der Waals surface area (Å²) in [5.74, 6) is -0.261. The molecule has 144 valence electrons. The van der Waals surface area contributed by atoms with Crippen molar-refractivity contribution >= 4 is 23.5 Å². The topological polar surface area (TPSA) is 73.2 Å². The Hall–Kier alpha value is -2.34. The number of rotatable bonds is 7. The summed E-state index contributed by atoms with van der Waals surface area (Å²) in [6, 6.07) is 7.63. The number of esters is 1. The molecule has 1 amide bonds. The van der Waals surface area contributed by atoms with Crippen LogP contribution in [0.3, 0.4) is 0 Å². The number of carbonyl (C=O) groups excluding carboxylic acids is 2. The van der Waals surface area contributed by atoms with Crippen molar-refractivity contribution in [1.82, 2.24) is 15.1 Å². The van der Waals surface area contributed by atoms with Crippen LogP contribution < -0.4 is 5.32 Å². The highest BCUT2D eigenvalue weighted by Crippen LogP contribution is 2.32. The van der Waals surface area contributed by atoms with Crippen LogP contribution in [0, 0.1) is 19.8 Å². The molecule has 1 aromatic carbocycles. The van der Waals surface area contributed by atoms with Crippen molar-refractivity contribution in [2.75, 3.05) is 6.61 Å². The van der Waals surface area contributed by atoms with Gasteiger partial charge in [-0.2, -0.15) is 5.10 Å². The second kappa shape index (κ2) is 8.13. The van der Waals surface area contributed by atoms with Gasteiger partial charge < -0.3 is 10.1 Å². The molecule has 1 N–H and O–H groups in total. The van der Waals surface area contributed by atoms with Crippen LogP contribution in [0.25, 0.3) is 0 Å². The maximum absolute atomic E-state index is 12.5. The van der Waals surface area contributed by atoms with E-state index in [4.69, 9.17) is 16.3 Å². The zero-order valence-corrected chi connectivity index (χ0v) is 16.5. The van der Waals surface area contributed by atoms with Gasteiger partial charge in [0.25, 0.3) is 5.91 Å². The molecule has 1 atom stereocenters. The van der Waals surface area contributed by atoms with Gasteiger partial charge in [0.1, 0.15) is 5.56 Å². The second-order valence-corrected chi connectivity index (χ2v) is 7.47. The van der Waals surface area contributed by atoms with Gasteiger partial charge in [-0.3, -0.25) is 9.48 Å². The van der Waals surface area contributed by atoms with E-state index in [0.717, 1.165) is 18.4 Å². The minimum Gasteiger partial charge on any atom is -0.452 e. The molecule has 1 fully saturated rings. The number of nitrogens with zero attached hydrogens (tertiary/aromatic N) is 2. The lowest BCUT2D eigenvalue weighted by Gasteiger charge is -2.12. The molecular formula is C20H24ClN3O3. The monoisotopic (exact) mass is 389 g/mol. The third-order valence-electron chi connectivity index (χ3n) is 4.92. The van der Waals surface area contributed by atoms with Crippen molar-refractivity contribution in [2.24, 2.45) is 5.92 Å². The van der Waals surface area contributed by atoms with Crippen LogP contribution in [0.2, 0.25) is 5.02 Å². The first kappa shape index (κ1) is 19.4. The summed E-state index contributed by atoms with van der Waals surface area (Å²) in [5, 5.41) is 7.95. The Morgan fingerprint density at radius 3 is 2.70 bits per heavy atom. The van der Waals surface area contributed by atoms with Crippen molar-refractivity contribution in [1.29, 1.82) is 0 Å². The van der Waals surface area contributed by atoms with Crippen molar-refractivity contribution in [2.45, 2.75) is 46.2 Å². The number of aryl methyl sites for hydroxylation is 1. The average Bonchev–Trinajstić information content (AvgIpc) is 3.42. The smallest absolute Gasteiger partial charge is 0.342 e. The van der Waals surface area contributed by atoms with Gasteiger partial charge in [-0.25, -0.2) is 4.79 Å². The molecule has 0 bridgehead atoms. The zero-order valence-electron chi connectivity index (χ0n) is 15.8. The van der Waals surface area contributed by atoms with Crippen LogP contribution in [0.4, 0.5) is 0 Å². The molecule has 2 aromatic rings. The van der Waals surface area contributed by atoms with Gasteiger partial charge in [0, 0.05) is 11.1 Å². The van der Waals surface area contributed by atoms with Crippen molar-refractivity contribution in [3.05, 3.63) is 51.8 Å². The summed E-state index contributed by atoms with van der Waals surface area (Å²) < 4.78 is 6.93. The third kappa shape index (κ3) is 4.69. The van der Waals surface area contributed by atoms with Gasteiger partial charge >= 0.3 is 5.97 Å². The van der Waals surface area contributed by atoms with E-state index < -0.39 is 5.97 Å². The van der Waals surface area contributed by atoms with Crippen LogP contribution in [0.1, 0.15) is 47.1 Å².